The Morgan fingerprint density at radius 2 is 2.50 bits per heavy atom. The summed E-state index contributed by atoms with van der Waals surface area (Å²) in [5, 5.41) is 2.73. The lowest BCUT2D eigenvalue weighted by atomic mass is 10.4. The summed E-state index contributed by atoms with van der Waals surface area (Å²) in [4.78, 5) is 14.2. The van der Waals surface area contributed by atoms with E-state index in [0.717, 1.165) is 4.47 Å². The first-order valence-corrected chi connectivity index (χ1v) is 5.23. The summed E-state index contributed by atoms with van der Waals surface area (Å²) < 4.78 is 5.96. The third-order valence-corrected chi connectivity index (χ3v) is 2.09. The number of halogens is 1. The van der Waals surface area contributed by atoms with Crippen LogP contribution in [0.5, 0.6) is 0 Å². The fourth-order valence-electron chi connectivity index (χ4n) is 0.975. The van der Waals surface area contributed by atoms with Gasteiger partial charge in [-0.15, -0.1) is 0 Å². The summed E-state index contributed by atoms with van der Waals surface area (Å²) in [5.41, 5.74) is 0.549. The molecular weight excluding hydrogens is 248 g/mol. The Bertz CT molecular complexity index is 299. The fourth-order valence-corrected chi connectivity index (χ4v) is 1.32. The summed E-state index contributed by atoms with van der Waals surface area (Å²) in [5.74, 6) is -0.115. The number of aromatic nitrogens is 1. The number of rotatable bonds is 5. The second-order valence-corrected chi connectivity index (χ2v) is 3.60. The molecule has 0 unspecified atom stereocenters. The minimum Gasteiger partial charge on any atom is -0.380 e. The van der Waals surface area contributed by atoms with Crippen LogP contribution in [0, 0.1) is 0 Å². The van der Waals surface area contributed by atoms with Gasteiger partial charge in [-0.1, -0.05) is 0 Å². The van der Waals surface area contributed by atoms with Crippen molar-refractivity contribution in [1.82, 2.24) is 10.3 Å². The highest BCUT2D eigenvalue weighted by Gasteiger charge is 2.05. The molecule has 1 amide bonds. The quantitative estimate of drug-likeness (QED) is 0.790. The predicted octanol–water partition coefficient (Wildman–Crippen LogP) is 1.54. The molecule has 1 rings (SSSR count). The minimum atomic E-state index is -0.115. The molecule has 1 aromatic heterocycles. The van der Waals surface area contributed by atoms with Crippen LogP contribution in [0.4, 0.5) is 0 Å². The maximum absolute atomic E-state index is 11.4. The molecule has 0 atom stereocenters. The number of hydrogen-bond donors (Lipinski definition) is 2. The SMILES string of the molecule is CCOCCNC(=O)c1cc(Br)c[nH]1. The Morgan fingerprint density at radius 3 is 3.07 bits per heavy atom. The van der Waals surface area contributed by atoms with Gasteiger partial charge in [0.05, 0.1) is 6.61 Å². The maximum Gasteiger partial charge on any atom is 0.267 e. The second-order valence-electron chi connectivity index (χ2n) is 2.68. The van der Waals surface area contributed by atoms with E-state index in [1.807, 2.05) is 6.92 Å². The van der Waals surface area contributed by atoms with E-state index in [1.54, 1.807) is 12.3 Å². The van der Waals surface area contributed by atoms with Crippen molar-refractivity contribution >= 4 is 21.8 Å². The molecule has 4 nitrogen and oxygen atoms in total. The van der Waals surface area contributed by atoms with Crippen LogP contribution in [0.25, 0.3) is 0 Å². The lowest BCUT2D eigenvalue weighted by Gasteiger charge is -2.03. The topological polar surface area (TPSA) is 54.1 Å². The average Bonchev–Trinajstić information content (AvgIpc) is 2.59. The molecule has 0 aliphatic rings. The van der Waals surface area contributed by atoms with Crippen molar-refractivity contribution in [3.8, 4) is 0 Å². The summed E-state index contributed by atoms with van der Waals surface area (Å²) in [6.07, 6.45) is 1.72. The zero-order valence-electron chi connectivity index (χ0n) is 7.97. The van der Waals surface area contributed by atoms with Gasteiger partial charge in [-0.3, -0.25) is 4.79 Å². The number of carbonyl (C=O) groups excluding carboxylic acids is 1. The molecule has 0 fully saturated rings. The largest absolute Gasteiger partial charge is 0.380 e. The van der Waals surface area contributed by atoms with Crippen molar-refractivity contribution < 1.29 is 9.53 Å². The van der Waals surface area contributed by atoms with Gasteiger partial charge in [-0.05, 0) is 28.9 Å². The summed E-state index contributed by atoms with van der Waals surface area (Å²) in [7, 11) is 0. The number of nitrogens with one attached hydrogen (secondary N) is 2. The van der Waals surface area contributed by atoms with Gasteiger partial charge in [0.2, 0.25) is 0 Å². The average molecular weight is 261 g/mol. The van der Waals surface area contributed by atoms with Crippen LogP contribution < -0.4 is 5.32 Å². The van der Waals surface area contributed by atoms with Crippen molar-refractivity contribution in [2.24, 2.45) is 0 Å². The molecule has 2 N–H and O–H groups in total. The Hall–Kier alpha value is -0.810. The second kappa shape index (κ2) is 5.82. The highest BCUT2D eigenvalue weighted by atomic mass is 79.9. The number of aromatic amines is 1. The molecule has 0 saturated carbocycles. The van der Waals surface area contributed by atoms with Crippen molar-refractivity contribution in [3.63, 3.8) is 0 Å². The highest BCUT2D eigenvalue weighted by Crippen LogP contribution is 2.09. The van der Waals surface area contributed by atoms with Crippen molar-refractivity contribution in [3.05, 3.63) is 22.4 Å². The maximum atomic E-state index is 11.4. The standard InChI is InChI=1S/C9H13BrN2O2/c1-2-14-4-3-11-9(13)8-5-7(10)6-12-8/h5-6,12H,2-4H2,1H3,(H,11,13). The molecule has 5 heteroatoms. The van der Waals surface area contributed by atoms with E-state index in [-0.39, 0.29) is 5.91 Å². The molecule has 1 heterocycles. The van der Waals surface area contributed by atoms with Crippen LogP contribution in [0.1, 0.15) is 17.4 Å². The highest BCUT2D eigenvalue weighted by molar-refractivity contribution is 9.10. The molecule has 0 spiro atoms. The third kappa shape index (κ3) is 3.51. The van der Waals surface area contributed by atoms with Crippen LogP contribution in [-0.2, 0) is 4.74 Å². The fraction of sp³-hybridized carbons (Fsp3) is 0.444. The van der Waals surface area contributed by atoms with Gasteiger partial charge in [-0.2, -0.15) is 0 Å². The minimum absolute atomic E-state index is 0.115. The number of carbonyl (C=O) groups is 1. The molecule has 1 aromatic rings. The van der Waals surface area contributed by atoms with Gasteiger partial charge in [0, 0.05) is 23.8 Å². The van der Waals surface area contributed by atoms with Gasteiger partial charge in [0.15, 0.2) is 0 Å². The van der Waals surface area contributed by atoms with Crippen molar-refractivity contribution in [2.45, 2.75) is 6.92 Å². The predicted molar refractivity (Wildman–Crippen MR) is 57.3 cm³/mol. The van der Waals surface area contributed by atoms with Crippen LogP contribution in [-0.4, -0.2) is 30.6 Å². The molecule has 0 aliphatic heterocycles. The van der Waals surface area contributed by atoms with E-state index in [4.69, 9.17) is 4.74 Å². The molecule has 0 aliphatic carbocycles. The normalized spacial score (nSPS) is 10.1. The Balaban J connectivity index is 2.29. The first-order valence-electron chi connectivity index (χ1n) is 4.44. The molecule has 14 heavy (non-hydrogen) atoms. The number of amides is 1. The number of hydrogen-bond acceptors (Lipinski definition) is 2. The van der Waals surface area contributed by atoms with Crippen LogP contribution >= 0.6 is 15.9 Å². The zero-order chi connectivity index (χ0) is 10.4. The van der Waals surface area contributed by atoms with E-state index in [2.05, 4.69) is 26.2 Å². The molecule has 78 valence electrons. The van der Waals surface area contributed by atoms with Gasteiger partial charge in [0.25, 0.3) is 5.91 Å². The van der Waals surface area contributed by atoms with E-state index >= 15 is 0 Å². The first-order chi connectivity index (χ1) is 6.74. The molecular formula is C9H13BrN2O2. The van der Waals surface area contributed by atoms with E-state index < -0.39 is 0 Å². The lowest BCUT2D eigenvalue weighted by molar-refractivity contribution is 0.0918. The first kappa shape index (κ1) is 11.3. The molecule has 0 aromatic carbocycles. The van der Waals surface area contributed by atoms with Crippen LogP contribution in [0.2, 0.25) is 0 Å². The van der Waals surface area contributed by atoms with Crippen molar-refractivity contribution in [2.75, 3.05) is 19.8 Å². The van der Waals surface area contributed by atoms with Crippen LogP contribution in [0.15, 0.2) is 16.7 Å². The van der Waals surface area contributed by atoms with Crippen LogP contribution in [0.3, 0.4) is 0 Å². The Kier molecular flexibility index (Phi) is 4.69. The summed E-state index contributed by atoms with van der Waals surface area (Å²) >= 11 is 3.26. The van der Waals surface area contributed by atoms with Gasteiger partial charge in [-0.25, -0.2) is 0 Å². The lowest BCUT2D eigenvalue weighted by Crippen LogP contribution is -2.27. The number of ether oxygens (including phenoxy) is 1. The van der Waals surface area contributed by atoms with Gasteiger partial charge in [0.1, 0.15) is 5.69 Å². The monoisotopic (exact) mass is 260 g/mol. The number of H-pyrrole nitrogens is 1. The van der Waals surface area contributed by atoms with Crippen molar-refractivity contribution in [1.29, 1.82) is 0 Å². The van der Waals surface area contributed by atoms with E-state index in [9.17, 15) is 4.79 Å². The zero-order valence-corrected chi connectivity index (χ0v) is 9.56. The molecule has 0 radical (unpaired) electrons. The third-order valence-electron chi connectivity index (χ3n) is 1.63. The van der Waals surface area contributed by atoms with E-state index in [1.165, 1.54) is 0 Å². The Morgan fingerprint density at radius 1 is 1.71 bits per heavy atom. The summed E-state index contributed by atoms with van der Waals surface area (Å²) in [6.45, 7) is 3.67. The smallest absolute Gasteiger partial charge is 0.267 e. The summed E-state index contributed by atoms with van der Waals surface area (Å²) in [6, 6.07) is 1.73. The Labute approximate surface area is 91.2 Å². The van der Waals surface area contributed by atoms with Gasteiger partial charge < -0.3 is 15.0 Å². The van der Waals surface area contributed by atoms with E-state index in [0.29, 0.717) is 25.5 Å². The van der Waals surface area contributed by atoms with Gasteiger partial charge >= 0.3 is 0 Å². The molecule has 0 saturated heterocycles. The molecule has 0 bridgehead atoms.